The molecule has 0 spiro atoms. The molecule has 0 aliphatic heterocycles. The number of benzene rings is 2. The van der Waals surface area contributed by atoms with E-state index in [0.717, 1.165) is 16.8 Å². The van der Waals surface area contributed by atoms with Crippen LogP contribution in [-0.2, 0) is 0 Å². The molecule has 2 aromatic carbocycles. The smallest absolute Gasteiger partial charge is 0.115 e. The summed E-state index contributed by atoms with van der Waals surface area (Å²) in [5.41, 5.74) is 3.27. The predicted molar refractivity (Wildman–Crippen MR) is 68.9 cm³/mol. The lowest BCUT2D eigenvalue weighted by Crippen LogP contribution is -1.83. The Morgan fingerprint density at radius 1 is 0.941 bits per heavy atom. The molecule has 0 bridgehead atoms. The van der Waals surface area contributed by atoms with E-state index >= 15 is 0 Å². The van der Waals surface area contributed by atoms with Gasteiger partial charge in [-0.25, -0.2) is 0 Å². The molecule has 17 heavy (non-hydrogen) atoms. The van der Waals surface area contributed by atoms with Crippen LogP contribution >= 0.6 is 0 Å². The van der Waals surface area contributed by atoms with E-state index in [1.807, 2.05) is 24.3 Å². The number of aromatic nitrogens is 1. The lowest BCUT2D eigenvalue weighted by Gasteiger charge is -1.98. The first-order valence-corrected chi connectivity index (χ1v) is 5.53. The first kappa shape index (κ1) is 9.97. The van der Waals surface area contributed by atoms with Crippen molar-refractivity contribution in [3.05, 3.63) is 72.3 Å². The summed E-state index contributed by atoms with van der Waals surface area (Å²) in [4.78, 5) is 3.34. The summed E-state index contributed by atoms with van der Waals surface area (Å²) in [6, 6.07) is 17.5. The molecule has 0 amide bonds. The van der Waals surface area contributed by atoms with E-state index in [1.165, 1.54) is 5.39 Å². The van der Waals surface area contributed by atoms with Crippen molar-refractivity contribution in [3.63, 3.8) is 0 Å². The molecule has 0 saturated carbocycles. The van der Waals surface area contributed by atoms with Crippen LogP contribution in [0.2, 0.25) is 0 Å². The summed E-state index contributed by atoms with van der Waals surface area (Å²) in [5.74, 6) is 0.291. The van der Waals surface area contributed by atoms with Gasteiger partial charge in [-0.1, -0.05) is 30.3 Å². The lowest BCUT2D eigenvalue weighted by molar-refractivity contribution is 0.475. The Morgan fingerprint density at radius 3 is 2.47 bits per heavy atom. The number of hydrogen-bond donors (Lipinski definition) is 2. The number of rotatable bonds is 2. The number of nitrogens with one attached hydrogen (secondary N) is 1. The van der Waals surface area contributed by atoms with Crippen molar-refractivity contribution in [2.24, 2.45) is 0 Å². The van der Waals surface area contributed by atoms with Gasteiger partial charge in [0.25, 0.3) is 0 Å². The molecule has 1 heterocycles. The fraction of sp³-hybridized carbons (Fsp3) is 0. The van der Waals surface area contributed by atoms with Crippen molar-refractivity contribution >= 4 is 10.9 Å². The number of para-hydroxylation sites is 1. The van der Waals surface area contributed by atoms with Crippen LogP contribution < -0.4 is 0 Å². The van der Waals surface area contributed by atoms with E-state index in [2.05, 4.69) is 29.6 Å². The topological polar surface area (TPSA) is 36.0 Å². The van der Waals surface area contributed by atoms with Gasteiger partial charge in [0.05, 0.1) is 0 Å². The van der Waals surface area contributed by atoms with Crippen molar-refractivity contribution in [2.45, 2.75) is 0 Å². The second-order valence-corrected chi connectivity index (χ2v) is 4.05. The number of fused-ring (bicyclic) bond motifs is 1. The summed E-state index contributed by atoms with van der Waals surface area (Å²) >= 11 is 0. The molecule has 0 atom stereocenters. The predicted octanol–water partition coefficient (Wildman–Crippen LogP) is 3.47. The summed E-state index contributed by atoms with van der Waals surface area (Å²) < 4.78 is 0. The van der Waals surface area contributed by atoms with E-state index in [1.54, 1.807) is 12.1 Å². The van der Waals surface area contributed by atoms with Crippen molar-refractivity contribution in [1.82, 2.24) is 4.98 Å². The van der Waals surface area contributed by atoms with Crippen LogP contribution in [0.5, 0.6) is 5.75 Å². The Bertz CT molecular complexity index is 604. The third kappa shape index (κ3) is 2.02. The highest BCUT2D eigenvalue weighted by Crippen LogP contribution is 2.19. The first-order valence-electron chi connectivity index (χ1n) is 5.53. The first-order chi connectivity index (χ1) is 8.31. The van der Waals surface area contributed by atoms with Crippen molar-refractivity contribution < 1.29 is 5.11 Å². The zero-order chi connectivity index (χ0) is 11.7. The van der Waals surface area contributed by atoms with E-state index in [-0.39, 0.29) is 0 Å². The summed E-state index contributed by atoms with van der Waals surface area (Å²) in [6.07, 6.45) is 2.06. The third-order valence-electron chi connectivity index (χ3n) is 2.77. The van der Waals surface area contributed by atoms with E-state index < -0.39 is 0 Å². The SMILES string of the molecule is Oc1ccc([CH]c2cc3ccccc3[nH]2)cc1. The number of phenolic OH excluding ortho intramolecular Hbond substituents is 1. The minimum absolute atomic E-state index is 0.291. The standard InChI is InChI=1S/C15H12NO/c17-14-7-5-11(6-8-14)9-13-10-12-3-1-2-4-15(12)16-13/h1-10,16-17H. The molecule has 0 aliphatic carbocycles. The molecular formula is C15H12NO. The van der Waals surface area contributed by atoms with Crippen molar-refractivity contribution in [3.8, 4) is 5.75 Å². The molecule has 3 rings (SSSR count). The van der Waals surface area contributed by atoms with Gasteiger partial charge in [0.15, 0.2) is 0 Å². The van der Waals surface area contributed by atoms with Crippen LogP contribution in [0.4, 0.5) is 0 Å². The number of aromatic hydroxyl groups is 1. The van der Waals surface area contributed by atoms with Crippen LogP contribution in [0.25, 0.3) is 10.9 Å². The Labute approximate surface area is 99.5 Å². The monoisotopic (exact) mass is 222 g/mol. The van der Waals surface area contributed by atoms with Gasteiger partial charge in [0.2, 0.25) is 0 Å². The zero-order valence-electron chi connectivity index (χ0n) is 9.22. The molecule has 83 valence electrons. The van der Waals surface area contributed by atoms with Crippen molar-refractivity contribution in [1.29, 1.82) is 0 Å². The molecule has 3 aromatic rings. The van der Waals surface area contributed by atoms with Gasteiger partial charge in [0, 0.05) is 17.6 Å². The fourth-order valence-corrected chi connectivity index (χ4v) is 1.92. The molecule has 0 aliphatic rings. The van der Waals surface area contributed by atoms with Crippen LogP contribution in [0.1, 0.15) is 11.3 Å². The quantitative estimate of drug-likeness (QED) is 0.684. The maximum Gasteiger partial charge on any atom is 0.115 e. The summed E-state index contributed by atoms with van der Waals surface area (Å²) in [7, 11) is 0. The van der Waals surface area contributed by atoms with Crippen LogP contribution in [-0.4, -0.2) is 10.1 Å². The summed E-state index contributed by atoms with van der Waals surface area (Å²) in [5, 5.41) is 10.4. The Balaban J connectivity index is 1.92. The molecule has 2 nitrogen and oxygen atoms in total. The van der Waals surface area contributed by atoms with Crippen LogP contribution in [0.3, 0.4) is 0 Å². The summed E-state index contributed by atoms with van der Waals surface area (Å²) in [6.45, 7) is 0. The molecule has 2 N–H and O–H groups in total. The second-order valence-electron chi connectivity index (χ2n) is 4.05. The highest BCUT2D eigenvalue weighted by molar-refractivity contribution is 5.80. The maximum atomic E-state index is 9.22. The average Bonchev–Trinajstić information content (AvgIpc) is 2.74. The van der Waals surface area contributed by atoms with Gasteiger partial charge in [-0.15, -0.1) is 0 Å². The second kappa shape index (κ2) is 3.98. The van der Waals surface area contributed by atoms with Gasteiger partial charge >= 0.3 is 0 Å². The van der Waals surface area contributed by atoms with E-state index in [9.17, 15) is 5.11 Å². The Morgan fingerprint density at radius 2 is 1.71 bits per heavy atom. The molecular weight excluding hydrogens is 210 g/mol. The number of phenols is 1. The van der Waals surface area contributed by atoms with Gasteiger partial charge in [-0.05, 0) is 35.2 Å². The highest BCUT2D eigenvalue weighted by atomic mass is 16.3. The van der Waals surface area contributed by atoms with Gasteiger partial charge in [0.1, 0.15) is 5.75 Å². The number of aromatic amines is 1. The average molecular weight is 222 g/mol. The van der Waals surface area contributed by atoms with Crippen LogP contribution in [0.15, 0.2) is 54.6 Å². The number of H-pyrrole nitrogens is 1. The minimum atomic E-state index is 0.291. The zero-order valence-corrected chi connectivity index (χ0v) is 9.22. The van der Waals surface area contributed by atoms with E-state index in [0.29, 0.717) is 5.75 Å². The molecule has 0 saturated heterocycles. The van der Waals surface area contributed by atoms with Crippen molar-refractivity contribution in [2.75, 3.05) is 0 Å². The van der Waals surface area contributed by atoms with Gasteiger partial charge < -0.3 is 10.1 Å². The Kier molecular flexibility index (Phi) is 2.33. The maximum absolute atomic E-state index is 9.22. The minimum Gasteiger partial charge on any atom is -0.508 e. The molecule has 0 fully saturated rings. The largest absolute Gasteiger partial charge is 0.508 e. The molecule has 1 radical (unpaired) electrons. The van der Waals surface area contributed by atoms with Gasteiger partial charge in [-0.3, -0.25) is 0 Å². The van der Waals surface area contributed by atoms with E-state index in [4.69, 9.17) is 0 Å². The lowest BCUT2D eigenvalue weighted by atomic mass is 10.1. The molecule has 2 heteroatoms. The molecule has 0 unspecified atom stereocenters. The normalized spacial score (nSPS) is 10.8. The Hall–Kier alpha value is -2.22. The number of hydrogen-bond acceptors (Lipinski definition) is 1. The fourth-order valence-electron chi connectivity index (χ4n) is 1.92. The van der Waals surface area contributed by atoms with Crippen LogP contribution in [0, 0.1) is 6.42 Å². The highest BCUT2D eigenvalue weighted by Gasteiger charge is 2.01. The molecule has 1 aromatic heterocycles. The third-order valence-corrected chi connectivity index (χ3v) is 2.77. The van der Waals surface area contributed by atoms with Gasteiger partial charge in [-0.2, -0.15) is 0 Å².